The lowest BCUT2D eigenvalue weighted by Gasteiger charge is -2.59. The van der Waals surface area contributed by atoms with Gasteiger partial charge in [0.05, 0.1) is 5.60 Å². The minimum Gasteiger partial charge on any atom is -0.508 e. The van der Waals surface area contributed by atoms with E-state index in [1.54, 1.807) is 6.07 Å². The second-order valence-corrected chi connectivity index (χ2v) is 8.76. The maximum Gasteiger partial charge on any atom is 0.220 e. The van der Waals surface area contributed by atoms with Crippen LogP contribution in [0.2, 0.25) is 0 Å². The summed E-state index contributed by atoms with van der Waals surface area (Å²) in [6.45, 7) is 2.00. The first-order valence-electron chi connectivity index (χ1n) is 9.51. The maximum absolute atomic E-state index is 12.0. The molecular weight excluding hydrogens is 316 g/mol. The monoisotopic (exact) mass is 342 g/mol. The number of primary amides is 1. The summed E-state index contributed by atoms with van der Waals surface area (Å²) in [6.07, 6.45) is 5.24. The molecule has 4 atom stereocenters. The van der Waals surface area contributed by atoms with Gasteiger partial charge < -0.3 is 15.9 Å². The van der Waals surface area contributed by atoms with E-state index in [0.29, 0.717) is 12.8 Å². The van der Waals surface area contributed by atoms with E-state index in [2.05, 4.69) is 4.90 Å². The predicted molar refractivity (Wildman–Crippen MR) is 93.1 cm³/mol. The van der Waals surface area contributed by atoms with E-state index in [4.69, 9.17) is 5.73 Å². The van der Waals surface area contributed by atoms with Gasteiger partial charge in [-0.25, -0.2) is 0 Å². The summed E-state index contributed by atoms with van der Waals surface area (Å²) in [5.74, 6) is 0.405. The van der Waals surface area contributed by atoms with Crippen molar-refractivity contribution in [2.24, 2.45) is 17.6 Å². The van der Waals surface area contributed by atoms with Crippen LogP contribution in [0.15, 0.2) is 18.2 Å². The lowest BCUT2D eigenvalue weighted by Crippen LogP contribution is -2.69. The molecule has 3 fully saturated rings. The van der Waals surface area contributed by atoms with Gasteiger partial charge in [-0.3, -0.25) is 9.69 Å². The Balaban J connectivity index is 1.64. The first-order valence-corrected chi connectivity index (χ1v) is 9.51. The number of phenols is 1. The van der Waals surface area contributed by atoms with Crippen LogP contribution in [0.1, 0.15) is 43.2 Å². The molecule has 1 amide bonds. The van der Waals surface area contributed by atoms with Gasteiger partial charge in [-0.15, -0.1) is 0 Å². The molecular formula is C20H26N2O3. The van der Waals surface area contributed by atoms with Gasteiger partial charge in [0.15, 0.2) is 0 Å². The molecule has 0 radical (unpaired) electrons. The number of hydrogen-bond acceptors (Lipinski definition) is 4. The molecule has 1 aromatic carbocycles. The summed E-state index contributed by atoms with van der Waals surface area (Å²) >= 11 is 0. The molecule has 4 aliphatic rings. The first kappa shape index (κ1) is 15.6. The number of carbonyl (C=O) groups excluding carboxylic acids is 1. The Labute approximate surface area is 147 Å². The molecule has 0 aromatic heterocycles. The quantitative estimate of drug-likeness (QED) is 0.773. The zero-order valence-corrected chi connectivity index (χ0v) is 14.4. The van der Waals surface area contributed by atoms with Crippen molar-refractivity contribution in [1.82, 2.24) is 4.90 Å². The van der Waals surface area contributed by atoms with Gasteiger partial charge in [0.25, 0.3) is 0 Å². The van der Waals surface area contributed by atoms with E-state index in [-0.39, 0.29) is 23.6 Å². The second-order valence-electron chi connectivity index (χ2n) is 8.76. The zero-order valence-electron chi connectivity index (χ0n) is 14.4. The largest absolute Gasteiger partial charge is 0.508 e. The second kappa shape index (κ2) is 4.98. The standard InChI is InChI=1S/C20H26N2O3/c21-18(24)14-9-19-5-6-22(11-12-1-2-12)17(20(19,25)10-14)7-13-3-4-15(23)8-16(13)19/h3-4,8,12,14,17,23,25H,1-2,5-7,9-11H2,(H2,21,24)/t14-,17-,19-,20-/m1/s1. The maximum atomic E-state index is 12.0. The lowest BCUT2D eigenvalue weighted by atomic mass is 9.56. The summed E-state index contributed by atoms with van der Waals surface area (Å²) in [5.41, 5.74) is 6.52. The van der Waals surface area contributed by atoms with Crippen molar-refractivity contribution in [2.75, 3.05) is 13.1 Å². The Morgan fingerprint density at radius 3 is 2.84 bits per heavy atom. The molecule has 25 heavy (non-hydrogen) atoms. The fourth-order valence-corrected chi connectivity index (χ4v) is 6.03. The molecule has 1 saturated heterocycles. The van der Waals surface area contributed by atoms with Gasteiger partial charge in [0.2, 0.25) is 5.91 Å². The van der Waals surface area contributed by atoms with E-state index in [9.17, 15) is 15.0 Å². The number of piperidine rings is 1. The molecule has 1 heterocycles. The topological polar surface area (TPSA) is 86.8 Å². The minimum absolute atomic E-state index is 0.0447. The molecule has 3 aliphatic carbocycles. The number of benzene rings is 1. The molecule has 134 valence electrons. The number of hydrogen-bond donors (Lipinski definition) is 3. The van der Waals surface area contributed by atoms with Crippen LogP contribution in [0.4, 0.5) is 0 Å². The van der Waals surface area contributed by atoms with Crippen LogP contribution < -0.4 is 5.73 Å². The number of carbonyl (C=O) groups is 1. The fraction of sp³-hybridized carbons (Fsp3) is 0.650. The Kier molecular flexibility index (Phi) is 3.12. The Bertz CT molecular complexity index is 746. The number of phenolic OH excluding ortho intramolecular Hbond substituents is 1. The van der Waals surface area contributed by atoms with Crippen LogP contribution in [-0.2, 0) is 16.6 Å². The molecule has 0 spiro atoms. The number of aliphatic hydroxyl groups is 1. The number of amides is 1. The molecule has 2 saturated carbocycles. The third kappa shape index (κ3) is 2.05. The van der Waals surface area contributed by atoms with Crippen LogP contribution in [-0.4, -0.2) is 45.8 Å². The van der Waals surface area contributed by atoms with Crippen molar-refractivity contribution in [1.29, 1.82) is 0 Å². The van der Waals surface area contributed by atoms with Crippen LogP contribution in [0.5, 0.6) is 5.75 Å². The van der Waals surface area contributed by atoms with E-state index in [1.807, 2.05) is 12.1 Å². The van der Waals surface area contributed by atoms with Gasteiger partial charge in [0.1, 0.15) is 5.75 Å². The number of aromatic hydroxyl groups is 1. The zero-order chi connectivity index (χ0) is 17.4. The molecule has 5 heteroatoms. The highest BCUT2D eigenvalue weighted by Gasteiger charge is 2.67. The normalized spacial score (nSPS) is 39.7. The molecule has 5 rings (SSSR count). The van der Waals surface area contributed by atoms with Gasteiger partial charge >= 0.3 is 0 Å². The lowest BCUT2D eigenvalue weighted by molar-refractivity contribution is -0.133. The smallest absolute Gasteiger partial charge is 0.220 e. The number of fused-ring (bicyclic) bond motifs is 1. The van der Waals surface area contributed by atoms with Crippen LogP contribution in [0.25, 0.3) is 0 Å². The highest BCUT2D eigenvalue weighted by atomic mass is 16.3. The number of nitrogens with two attached hydrogens (primary N) is 1. The Hall–Kier alpha value is -1.59. The highest BCUT2D eigenvalue weighted by Crippen LogP contribution is 2.61. The van der Waals surface area contributed by atoms with Crippen molar-refractivity contribution in [3.05, 3.63) is 29.3 Å². The van der Waals surface area contributed by atoms with Gasteiger partial charge in [-0.2, -0.15) is 0 Å². The van der Waals surface area contributed by atoms with Crippen LogP contribution >= 0.6 is 0 Å². The van der Waals surface area contributed by atoms with E-state index < -0.39 is 11.0 Å². The molecule has 2 bridgehead atoms. The van der Waals surface area contributed by atoms with E-state index >= 15 is 0 Å². The van der Waals surface area contributed by atoms with Crippen LogP contribution in [0, 0.1) is 11.8 Å². The SMILES string of the molecule is NC(=O)[C@@H]1C[C@]23CCN(CC4CC4)[C@H](Cc4ccc(O)cc42)[C@]3(O)C1. The average Bonchev–Trinajstić information content (AvgIpc) is 3.30. The van der Waals surface area contributed by atoms with Crippen LogP contribution in [0.3, 0.4) is 0 Å². The molecule has 4 N–H and O–H groups in total. The molecule has 0 unspecified atom stereocenters. The number of rotatable bonds is 3. The van der Waals surface area contributed by atoms with Gasteiger partial charge in [0, 0.05) is 23.9 Å². The summed E-state index contributed by atoms with van der Waals surface area (Å²) < 4.78 is 0. The third-order valence-corrected chi connectivity index (χ3v) is 7.41. The average molecular weight is 342 g/mol. The minimum atomic E-state index is -0.930. The van der Waals surface area contributed by atoms with Crippen molar-refractivity contribution in [3.8, 4) is 5.75 Å². The summed E-state index contributed by atoms with van der Waals surface area (Å²) in [5, 5.41) is 22.0. The van der Waals surface area contributed by atoms with Gasteiger partial charge in [-0.05, 0) is 74.2 Å². The molecule has 5 nitrogen and oxygen atoms in total. The van der Waals surface area contributed by atoms with Crippen molar-refractivity contribution in [3.63, 3.8) is 0 Å². The van der Waals surface area contributed by atoms with Crippen molar-refractivity contribution >= 4 is 5.91 Å². The van der Waals surface area contributed by atoms with Gasteiger partial charge in [-0.1, -0.05) is 6.07 Å². The summed E-state index contributed by atoms with van der Waals surface area (Å²) in [6, 6.07) is 5.60. The summed E-state index contributed by atoms with van der Waals surface area (Å²) in [4.78, 5) is 14.4. The van der Waals surface area contributed by atoms with Crippen molar-refractivity contribution in [2.45, 2.75) is 55.6 Å². The fourth-order valence-electron chi connectivity index (χ4n) is 6.03. The highest BCUT2D eigenvalue weighted by molar-refractivity contribution is 5.78. The Morgan fingerprint density at radius 2 is 2.12 bits per heavy atom. The first-order chi connectivity index (χ1) is 11.9. The van der Waals surface area contributed by atoms with E-state index in [1.165, 1.54) is 18.4 Å². The molecule has 1 aliphatic heterocycles. The Morgan fingerprint density at radius 1 is 1.32 bits per heavy atom. The third-order valence-electron chi connectivity index (χ3n) is 7.41. The molecule has 1 aromatic rings. The predicted octanol–water partition coefficient (Wildman–Crippen LogP) is 1.30. The number of likely N-dealkylation sites (tertiary alicyclic amines) is 1. The van der Waals surface area contributed by atoms with Crippen molar-refractivity contribution < 1.29 is 15.0 Å². The number of nitrogens with zero attached hydrogens (tertiary/aromatic N) is 1. The van der Waals surface area contributed by atoms with E-state index in [0.717, 1.165) is 37.4 Å². The summed E-state index contributed by atoms with van der Waals surface area (Å²) in [7, 11) is 0.